The number of nitrogens with zero attached hydrogens (tertiary/aromatic N) is 1. The van der Waals surface area contributed by atoms with Gasteiger partial charge < -0.3 is 9.64 Å². The fourth-order valence-electron chi connectivity index (χ4n) is 2.38. The van der Waals surface area contributed by atoms with E-state index in [-0.39, 0.29) is 16.5 Å². The van der Waals surface area contributed by atoms with Crippen molar-refractivity contribution in [3.8, 4) is 0 Å². The average molecular weight is 344 g/mol. The predicted octanol–water partition coefficient (Wildman–Crippen LogP) is 3.62. The molecule has 1 amide bonds. The molecule has 1 aromatic carbocycles. The monoisotopic (exact) mass is 343 g/mol. The molecule has 0 N–H and O–H groups in total. The Morgan fingerprint density at radius 1 is 1.55 bits per heavy atom. The number of amides is 1. The van der Waals surface area contributed by atoms with Crippen molar-refractivity contribution in [3.63, 3.8) is 0 Å². The first-order chi connectivity index (χ1) is 9.63. The fraction of sp³-hybridized carbons (Fsp3) is 0.533. The van der Waals surface area contributed by atoms with Gasteiger partial charge >= 0.3 is 0 Å². The SMILES string of the molecule is CCCOC1CCCN(C(=O)c2cccc(F)c2Br)C1. The molecule has 1 saturated heterocycles. The van der Waals surface area contributed by atoms with Crippen LogP contribution in [0.3, 0.4) is 0 Å². The molecule has 3 nitrogen and oxygen atoms in total. The first-order valence-corrected chi connectivity index (χ1v) is 7.77. The molecule has 2 rings (SSSR count). The zero-order valence-corrected chi connectivity index (χ0v) is 13.2. The smallest absolute Gasteiger partial charge is 0.255 e. The number of likely N-dealkylation sites (tertiary alicyclic amines) is 1. The minimum Gasteiger partial charge on any atom is -0.376 e. The summed E-state index contributed by atoms with van der Waals surface area (Å²) in [6, 6.07) is 4.54. The van der Waals surface area contributed by atoms with Crippen molar-refractivity contribution >= 4 is 21.8 Å². The molecule has 0 radical (unpaired) electrons. The zero-order valence-electron chi connectivity index (χ0n) is 11.6. The van der Waals surface area contributed by atoms with Crippen molar-refractivity contribution in [2.24, 2.45) is 0 Å². The summed E-state index contributed by atoms with van der Waals surface area (Å²) in [5.74, 6) is -0.548. The molecular weight excluding hydrogens is 325 g/mol. The van der Waals surface area contributed by atoms with Gasteiger partial charge in [0.15, 0.2) is 0 Å². The van der Waals surface area contributed by atoms with Gasteiger partial charge in [-0.25, -0.2) is 4.39 Å². The maximum Gasteiger partial charge on any atom is 0.255 e. The second-order valence-corrected chi connectivity index (χ2v) is 5.78. The number of rotatable bonds is 4. The predicted molar refractivity (Wildman–Crippen MR) is 79.3 cm³/mol. The van der Waals surface area contributed by atoms with Gasteiger partial charge in [-0.15, -0.1) is 0 Å². The molecule has 1 heterocycles. The summed E-state index contributed by atoms with van der Waals surface area (Å²) in [5.41, 5.74) is 0.376. The number of benzene rings is 1. The standard InChI is InChI=1S/C15H19BrFNO2/c1-2-9-20-11-5-4-8-18(10-11)15(19)12-6-3-7-13(17)14(12)16/h3,6-7,11H,2,4-5,8-10H2,1H3. The molecule has 1 fully saturated rings. The highest BCUT2D eigenvalue weighted by atomic mass is 79.9. The minimum atomic E-state index is -0.411. The van der Waals surface area contributed by atoms with E-state index in [4.69, 9.17) is 4.74 Å². The molecule has 0 aliphatic carbocycles. The van der Waals surface area contributed by atoms with Crippen molar-refractivity contribution in [2.75, 3.05) is 19.7 Å². The van der Waals surface area contributed by atoms with Crippen LogP contribution in [0.4, 0.5) is 4.39 Å². The molecule has 110 valence electrons. The Labute approximate surface area is 127 Å². The molecule has 5 heteroatoms. The molecule has 0 saturated carbocycles. The number of carbonyl (C=O) groups excluding carboxylic acids is 1. The maximum absolute atomic E-state index is 13.5. The summed E-state index contributed by atoms with van der Waals surface area (Å²) in [7, 11) is 0. The summed E-state index contributed by atoms with van der Waals surface area (Å²) >= 11 is 3.15. The van der Waals surface area contributed by atoms with Crippen LogP contribution in [-0.2, 0) is 4.74 Å². The van der Waals surface area contributed by atoms with Crippen LogP contribution in [0.1, 0.15) is 36.5 Å². The first-order valence-electron chi connectivity index (χ1n) is 6.98. The molecule has 0 bridgehead atoms. The lowest BCUT2D eigenvalue weighted by Gasteiger charge is -2.33. The average Bonchev–Trinajstić information content (AvgIpc) is 2.47. The third-order valence-electron chi connectivity index (χ3n) is 3.41. The molecule has 0 spiro atoms. The lowest BCUT2D eigenvalue weighted by Crippen LogP contribution is -2.43. The van der Waals surface area contributed by atoms with Gasteiger partial charge in [-0.3, -0.25) is 4.79 Å². The zero-order chi connectivity index (χ0) is 14.5. The van der Waals surface area contributed by atoms with Gasteiger partial charge in [0.1, 0.15) is 5.82 Å². The molecule has 1 atom stereocenters. The lowest BCUT2D eigenvalue weighted by molar-refractivity contribution is 0.00207. The first kappa shape index (κ1) is 15.4. The summed E-state index contributed by atoms with van der Waals surface area (Å²) in [6.45, 7) is 4.07. The Balaban J connectivity index is 2.06. The van der Waals surface area contributed by atoms with Crippen LogP contribution in [0.25, 0.3) is 0 Å². The van der Waals surface area contributed by atoms with Crippen LogP contribution in [0.5, 0.6) is 0 Å². The molecule has 0 aromatic heterocycles. The van der Waals surface area contributed by atoms with Crippen LogP contribution < -0.4 is 0 Å². The van der Waals surface area contributed by atoms with E-state index in [1.807, 2.05) is 0 Å². The van der Waals surface area contributed by atoms with E-state index >= 15 is 0 Å². The molecule has 20 heavy (non-hydrogen) atoms. The lowest BCUT2D eigenvalue weighted by atomic mass is 10.1. The molecule has 1 aliphatic heterocycles. The quantitative estimate of drug-likeness (QED) is 0.835. The van der Waals surface area contributed by atoms with Crippen molar-refractivity contribution < 1.29 is 13.9 Å². The number of piperidine rings is 1. The summed E-state index contributed by atoms with van der Waals surface area (Å²) in [6.07, 6.45) is 2.97. The van der Waals surface area contributed by atoms with Gasteiger partial charge in [0.25, 0.3) is 5.91 Å². The topological polar surface area (TPSA) is 29.5 Å². The number of hydrogen-bond donors (Lipinski definition) is 0. The number of ether oxygens (including phenoxy) is 1. The third kappa shape index (κ3) is 3.58. The van der Waals surface area contributed by atoms with E-state index in [0.29, 0.717) is 18.7 Å². The van der Waals surface area contributed by atoms with Crippen molar-refractivity contribution in [2.45, 2.75) is 32.3 Å². The van der Waals surface area contributed by atoms with E-state index < -0.39 is 5.82 Å². The van der Waals surface area contributed by atoms with Crippen LogP contribution >= 0.6 is 15.9 Å². The minimum absolute atomic E-state index is 0.0972. The van der Waals surface area contributed by atoms with Gasteiger partial charge in [0, 0.05) is 19.7 Å². The third-order valence-corrected chi connectivity index (χ3v) is 4.21. The van der Waals surface area contributed by atoms with Gasteiger partial charge in [-0.1, -0.05) is 13.0 Å². The molecule has 1 aromatic rings. The highest BCUT2D eigenvalue weighted by Crippen LogP contribution is 2.24. The van der Waals surface area contributed by atoms with E-state index in [9.17, 15) is 9.18 Å². The number of halogens is 2. The van der Waals surface area contributed by atoms with E-state index in [0.717, 1.165) is 25.9 Å². The second-order valence-electron chi connectivity index (χ2n) is 4.99. The Morgan fingerprint density at radius 2 is 2.35 bits per heavy atom. The molecule has 1 unspecified atom stereocenters. The van der Waals surface area contributed by atoms with E-state index in [2.05, 4.69) is 22.9 Å². The Morgan fingerprint density at radius 3 is 3.10 bits per heavy atom. The van der Waals surface area contributed by atoms with Crippen LogP contribution in [0, 0.1) is 5.82 Å². The summed E-state index contributed by atoms with van der Waals surface area (Å²) < 4.78 is 19.5. The van der Waals surface area contributed by atoms with Crippen molar-refractivity contribution in [1.29, 1.82) is 0 Å². The Hall–Kier alpha value is -0.940. The van der Waals surface area contributed by atoms with Crippen LogP contribution in [0.2, 0.25) is 0 Å². The molecular formula is C15H19BrFNO2. The number of carbonyl (C=O) groups is 1. The highest BCUT2D eigenvalue weighted by Gasteiger charge is 2.26. The van der Waals surface area contributed by atoms with Gasteiger partial charge in [0.2, 0.25) is 0 Å². The molecule has 1 aliphatic rings. The van der Waals surface area contributed by atoms with Crippen molar-refractivity contribution in [1.82, 2.24) is 4.90 Å². The number of hydrogen-bond acceptors (Lipinski definition) is 2. The van der Waals surface area contributed by atoms with E-state index in [1.54, 1.807) is 17.0 Å². The van der Waals surface area contributed by atoms with Crippen molar-refractivity contribution in [3.05, 3.63) is 34.1 Å². The normalized spacial score (nSPS) is 19.1. The maximum atomic E-state index is 13.5. The highest BCUT2D eigenvalue weighted by molar-refractivity contribution is 9.10. The Bertz CT molecular complexity index is 481. The van der Waals surface area contributed by atoms with Crippen LogP contribution in [0.15, 0.2) is 22.7 Å². The van der Waals surface area contributed by atoms with Gasteiger partial charge in [-0.05, 0) is 47.3 Å². The fourth-order valence-corrected chi connectivity index (χ4v) is 2.82. The van der Waals surface area contributed by atoms with Gasteiger partial charge in [-0.2, -0.15) is 0 Å². The summed E-state index contributed by atoms with van der Waals surface area (Å²) in [5, 5.41) is 0. The Kier molecular flexibility index (Phi) is 5.54. The van der Waals surface area contributed by atoms with E-state index in [1.165, 1.54) is 6.07 Å². The van der Waals surface area contributed by atoms with Gasteiger partial charge in [0.05, 0.1) is 16.1 Å². The largest absolute Gasteiger partial charge is 0.376 e. The van der Waals surface area contributed by atoms with Crippen LogP contribution in [-0.4, -0.2) is 36.6 Å². The second kappa shape index (κ2) is 7.18. The summed E-state index contributed by atoms with van der Waals surface area (Å²) in [4.78, 5) is 14.2.